The Kier molecular flexibility index (Phi) is 8.97. The van der Waals surface area contributed by atoms with E-state index < -0.39 is 0 Å². The van der Waals surface area contributed by atoms with Crippen LogP contribution in [0.4, 0.5) is 5.82 Å². The first-order valence-electron chi connectivity index (χ1n) is 9.24. The lowest BCUT2D eigenvalue weighted by Crippen LogP contribution is -2.44. The summed E-state index contributed by atoms with van der Waals surface area (Å²) in [6.45, 7) is 2.27. The molecular formula is C20H26ClIN6O. The van der Waals surface area contributed by atoms with Crippen molar-refractivity contribution in [2.24, 2.45) is 4.99 Å². The molecule has 0 bridgehead atoms. The Morgan fingerprint density at radius 3 is 2.90 bits per heavy atom. The van der Waals surface area contributed by atoms with Gasteiger partial charge in [0.25, 0.3) is 5.91 Å². The predicted octanol–water partition coefficient (Wildman–Crippen LogP) is 2.66. The lowest BCUT2D eigenvalue weighted by Gasteiger charge is -2.20. The third-order valence-electron chi connectivity index (χ3n) is 4.67. The quantitative estimate of drug-likeness (QED) is 0.316. The molecule has 3 rings (SSSR count). The number of rotatable bonds is 5. The summed E-state index contributed by atoms with van der Waals surface area (Å²) in [7, 11) is 3.38. The average molecular weight is 529 g/mol. The van der Waals surface area contributed by atoms with Gasteiger partial charge >= 0.3 is 0 Å². The minimum Gasteiger partial charge on any atom is -0.355 e. The molecule has 2 heterocycles. The Morgan fingerprint density at radius 1 is 1.34 bits per heavy atom. The summed E-state index contributed by atoms with van der Waals surface area (Å²) >= 11 is 6.26. The molecular weight excluding hydrogens is 503 g/mol. The molecule has 1 aromatic carbocycles. The first kappa shape index (κ1) is 23.2. The number of guanidine groups is 1. The van der Waals surface area contributed by atoms with Crippen LogP contribution >= 0.6 is 35.6 Å². The topological polar surface area (TPSA) is 81.6 Å². The van der Waals surface area contributed by atoms with Gasteiger partial charge in [0, 0.05) is 51.5 Å². The van der Waals surface area contributed by atoms with E-state index in [2.05, 4.69) is 30.8 Å². The molecule has 0 saturated carbocycles. The van der Waals surface area contributed by atoms with E-state index in [1.165, 1.54) is 0 Å². The van der Waals surface area contributed by atoms with Crippen molar-refractivity contribution < 1.29 is 4.79 Å². The van der Waals surface area contributed by atoms with E-state index >= 15 is 0 Å². The predicted molar refractivity (Wildman–Crippen MR) is 128 cm³/mol. The molecule has 1 unspecified atom stereocenters. The fraction of sp³-hybridized carbons (Fsp3) is 0.350. The molecule has 1 amide bonds. The zero-order valence-corrected chi connectivity index (χ0v) is 19.6. The van der Waals surface area contributed by atoms with Crippen molar-refractivity contribution in [1.29, 1.82) is 0 Å². The van der Waals surface area contributed by atoms with Gasteiger partial charge in [-0.1, -0.05) is 23.7 Å². The number of anilines is 1. The van der Waals surface area contributed by atoms with Crippen LogP contribution in [-0.4, -0.2) is 50.1 Å². The van der Waals surface area contributed by atoms with Crippen LogP contribution in [0.15, 0.2) is 47.6 Å². The van der Waals surface area contributed by atoms with Crippen LogP contribution in [0, 0.1) is 0 Å². The number of amides is 1. The molecule has 1 aliphatic heterocycles. The molecule has 1 atom stereocenters. The highest BCUT2D eigenvalue weighted by molar-refractivity contribution is 14.0. The zero-order valence-electron chi connectivity index (χ0n) is 16.5. The molecule has 1 aromatic heterocycles. The minimum absolute atomic E-state index is 0. The number of nitrogens with one attached hydrogen (secondary N) is 3. The molecule has 0 aliphatic carbocycles. The molecule has 29 heavy (non-hydrogen) atoms. The van der Waals surface area contributed by atoms with Crippen LogP contribution in [0.25, 0.3) is 0 Å². The third-order valence-corrected chi connectivity index (χ3v) is 4.96. The van der Waals surface area contributed by atoms with E-state index in [0.717, 1.165) is 36.9 Å². The maximum Gasteiger partial charge on any atom is 0.251 e. The molecule has 7 nitrogen and oxygen atoms in total. The first-order valence-corrected chi connectivity index (χ1v) is 9.62. The van der Waals surface area contributed by atoms with Gasteiger partial charge in [-0.2, -0.15) is 0 Å². The van der Waals surface area contributed by atoms with Gasteiger partial charge in [0.15, 0.2) is 5.96 Å². The van der Waals surface area contributed by atoms with E-state index in [-0.39, 0.29) is 35.9 Å². The van der Waals surface area contributed by atoms with Gasteiger partial charge < -0.3 is 20.9 Å². The smallest absolute Gasteiger partial charge is 0.251 e. The van der Waals surface area contributed by atoms with Gasteiger partial charge in [0.2, 0.25) is 0 Å². The Balaban J connectivity index is 0.00000300. The lowest BCUT2D eigenvalue weighted by atomic mass is 10.1. The van der Waals surface area contributed by atoms with Gasteiger partial charge in [0.05, 0.1) is 5.02 Å². The number of halogens is 2. The van der Waals surface area contributed by atoms with Crippen LogP contribution in [0.1, 0.15) is 22.3 Å². The van der Waals surface area contributed by atoms with Gasteiger partial charge in [-0.3, -0.25) is 9.79 Å². The second-order valence-electron chi connectivity index (χ2n) is 6.59. The number of carbonyl (C=O) groups excluding carboxylic acids is 1. The van der Waals surface area contributed by atoms with E-state index in [1.54, 1.807) is 26.4 Å². The molecule has 0 spiro atoms. The summed E-state index contributed by atoms with van der Waals surface area (Å²) < 4.78 is 0. The highest BCUT2D eigenvalue weighted by Crippen LogP contribution is 2.25. The van der Waals surface area contributed by atoms with Crippen molar-refractivity contribution >= 4 is 53.3 Å². The van der Waals surface area contributed by atoms with Crippen molar-refractivity contribution in [1.82, 2.24) is 20.9 Å². The maximum absolute atomic E-state index is 11.8. The summed E-state index contributed by atoms with van der Waals surface area (Å²) in [6.07, 6.45) is 2.73. The van der Waals surface area contributed by atoms with Crippen LogP contribution in [0.3, 0.4) is 0 Å². The van der Waals surface area contributed by atoms with Crippen LogP contribution in [0.2, 0.25) is 5.02 Å². The van der Waals surface area contributed by atoms with Gasteiger partial charge in [-0.15, -0.1) is 24.0 Å². The first-order chi connectivity index (χ1) is 13.6. The van der Waals surface area contributed by atoms with Crippen molar-refractivity contribution in [3.8, 4) is 0 Å². The lowest BCUT2D eigenvalue weighted by molar-refractivity contribution is 0.0963. The molecule has 3 N–H and O–H groups in total. The summed E-state index contributed by atoms with van der Waals surface area (Å²) in [5, 5.41) is 10.1. The number of aliphatic imine (C=N–C) groups is 1. The fourth-order valence-electron chi connectivity index (χ4n) is 3.22. The largest absolute Gasteiger partial charge is 0.355 e. The molecule has 1 fully saturated rings. The summed E-state index contributed by atoms with van der Waals surface area (Å²) in [5.41, 5.74) is 1.65. The summed E-state index contributed by atoms with van der Waals surface area (Å²) in [5.74, 6) is 1.45. The number of hydrogen-bond donors (Lipinski definition) is 3. The maximum atomic E-state index is 11.8. The van der Waals surface area contributed by atoms with Gasteiger partial charge in [-0.05, 0) is 36.2 Å². The number of benzene rings is 1. The fourth-order valence-corrected chi connectivity index (χ4v) is 3.46. The Labute approximate surface area is 193 Å². The second-order valence-corrected chi connectivity index (χ2v) is 7.00. The van der Waals surface area contributed by atoms with Gasteiger partial charge in [0.1, 0.15) is 5.82 Å². The van der Waals surface area contributed by atoms with Crippen LogP contribution < -0.4 is 20.9 Å². The standard InChI is InChI=1S/C20H25ClN6O.HI/c1-22-19(28)15-6-3-5-14(11-15)12-25-20(23-2)26-16-8-10-27(13-16)18-17(21)7-4-9-24-18;/h3-7,9,11,16H,8,10,12-13H2,1-2H3,(H,22,28)(H2,23,25,26);1H. The molecule has 1 aliphatic rings. The zero-order chi connectivity index (χ0) is 19.9. The monoisotopic (exact) mass is 528 g/mol. The number of nitrogens with zero attached hydrogens (tertiary/aromatic N) is 3. The number of pyridine rings is 1. The van der Waals surface area contributed by atoms with Crippen molar-refractivity contribution in [2.45, 2.75) is 19.0 Å². The molecule has 0 radical (unpaired) electrons. The highest BCUT2D eigenvalue weighted by Gasteiger charge is 2.25. The van der Waals surface area contributed by atoms with E-state index in [4.69, 9.17) is 11.6 Å². The summed E-state index contributed by atoms with van der Waals surface area (Å²) in [6, 6.07) is 11.5. The Bertz CT molecular complexity index is 862. The Morgan fingerprint density at radius 2 is 2.17 bits per heavy atom. The average Bonchev–Trinajstić information content (AvgIpc) is 3.19. The van der Waals surface area contributed by atoms with Crippen molar-refractivity contribution in [2.75, 3.05) is 32.1 Å². The van der Waals surface area contributed by atoms with Gasteiger partial charge in [-0.25, -0.2) is 4.98 Å². The minimum atomic E-state index is -0.0939. The number of hydrogen-bond acceptors (Lipinski definition) is 4. The van der Waals surface area contributed by atoms with E-state index in [1.807, 2.05) is 30.3 Å². The molecule has 9 heteroatoms. The highest BCUT2D eigenvalue weighted by atomic mass is 127. The molecule has 1 saturated heterocycles. The second kappa shape index (κ2) is 11.2. The molecule has 2 aromatic rings. The normalized spacial score (nSPS) is 16.2. The van der Waals surface area contributed by atoms with Crippen molar-refractivity contribution in [3.05, 3.63) is 58.7 Å². The summed E-state index contributed by atoms with van der Waals surface area (Å²) in [4.78, 5) is 22.7. The van der Waals surface area contributed by atoms with Crippen LogP contribution in [-0.2, 0) is 6.54 Å². The Hall–Kier alpha value is -2.07. The molecule has 156 valence electrons. The van der Waals surface area contributed by atoms with E-state index in [9.17, 15) is 4.79 Å². The number of carbonyl (C=O) groups is 1. The van der Waals surface area contributed by atoms with Crippen molar-refractivity contribution in [3.63, 3.8) is 0 Å². The third kappa shape index (κ3) is 6.20. The number of aromatic nitrogens is 1. The van der Waals surface area contributed by atoms with E-state index in [0.29, 0.717) is 17.1 Å². The van der Waals surface area contributed by atoms with Crippen LogP contribution in [0.5, 0.6) is 0 Å². The SMILES string of the molecule is CN=C(NCc1cccc(C(=O)NC)c1)NC1CCN(c2ncccc2Cl)C1.I.